The largest absolute Gasteiger partial charge is 0.324 e. The van der Waals surface area contributed by atoms with Gasteiger partial charge in [-0.1, -0.05) is 39.3 Å². The first kappa shape index (κ1) is 26.1. The number of carbonyl (C=O) groups is 3. The van der Waals surface area contributed by atoms with E-state index in [-0.39, 0.29) is 22.6 Å². The van der Waals surface area contributed by atoms with Crippen LogP contribution in [-0.4, -0.2) is 55.0 Å². The lowest BCUT2D eigenvalue weighted by Gasteiger charge is -2.27. The van der Waals surface area contributed by atoms with Gasteiger partial charge in [-0.25, -0.2) is 12.7 Å². The Kier molecular flexibility index (Phi) is 8.30. The molecule has 1 aliphatic heterocycles. The number of anilines is 1. The van der Waals surface area contributed by atoms with Gasteiger partial charge in [0.1, 0.15) is 6.04 Å². The molecule has 1 fully saturated rings. The summed E-state index contributed by atoms with van der Waals surface area (Å²) in [4.78, 5) is 40.6. The summed E-state index contributed by atoms with van der Waals surface area (Å²) in [5, 5.41) is 2.78. The third-order valence-electron chi connectivity index (χ3n) is 6.51. The molecule has 1 saturated heterocycles. The lowest BCUT2D eigenvalue weighted by atomic mass is 9.85. The van der Waals surface area contributed by atoms with Crippen LogP contribution in [0.15, 0.2) is 41.3 Å². The van der Waals surface area contributed by atoms with Crippen LogP contribution in [0.1, 0.15) is 52.9 Å². The molecule has 0 bridgehead atoms. The lowest BCUT2D eigenvalue weighted by molar-refractivity contribution is -0.147. The molecule has 2 aliphatic rings. The number of hydrogen-bond donors (Lipinski definition) is 1. The van der Waals surface area contributed by atoms with Crippen LogP contribution >= 0.6 is 0 Å². The van der Waals surface area contributed by atoms with E-state index in [1.165, 1.54) is 33.5 Å². The Labute approximate surface area is 202 Å². The summed E-state index contributed by atoms with van der Waals surface area (Å²) in [5.41, 5.74) is 0.409. The Morgan fingerprint density at radius 1 is 1.09 bits per heavy atom. The Balaban J connectivity index is 1.76. The molecule has 1 N–H and O–H groups in total. The van der Waals surface area contributed by atoms with Crippen molar-refractivity contribution < 1.29 is 22.8 Å². The van der Waals surface area contributed by atoms with Crippen molar-refractivity contribution in [2.75, 3.05) is 18.9 Å². The number of fused-ring (bicyclic) bond motifs is 1. The Bertz CT molecular complexity index is 1020. The molecule has 3 amide bonds. The Morgan fingerprint density at radius 2 is 1.65 bits per heavy atom. The van der Waals surface area contributed by atoms with Gasteiger partial charge in [0.25, 0.3) is 0 Å². The van der Waals surface area contributed by atoms with E-state index in [9.17, 15) is 22.8 Å². The first-order valence-electron chi connectivity index (χ1n) is 12.0. The van der Waals surface area contributed by atoms with Crippen LogP contribution < -0.4 is 5.32 Å². The molecular formula is C25H35N3O5S. The van der Waals surface area contributed by atoms with Crippen molar-refractivity contribution in [1.82, 2.24) is 9.21 Å². The zero-order chi connectivity index (χ0) is 25.0. The van der Waals surface area contributed by atoms with E-state index in [0.717, 1.165) is 12.8 Å². The summed E-state index contributed by atoms with van der Waals surface area (Å²) in [6.07, 6.45) is 6.89. The van der Waals surface area contributed by atoms with Crippen molar-refractivity contribution in [3.05, 3.63) is 36.4 Å². The van der Waals surface area contributed by atoms with Gasteiger partial charge in [0.15, 0.2) is 0 Å². The molecule has 1 aliphatic carbocycles. The predicted octanol–water partition coefficient (Wildman–Crippen LogP) is 3.41. The topological polar surface area (TPSA) is 104 Å². The molecule has 0 aromatic heterocycles. The second-order valence-electron chi connectivity index (χ2n) is 9.54. The van der Waals surface area contributed by atoms with Gasteiger partial charge in [-0.3, -0.25) is 19.3 Å². The van der Waals surface area contributed by atoms with Crippen molar-refractivity contribution >= 4 is 33.4 Å². The van der Waals surface area contributed by atoms with E-state index >= 15 is 0 Å². The predicted molar refractivity (Wildman–Crippen MR) is 130 cm³/mol. The van der Waals surface area contributed by atoms with E-state index in [0.29, 0.717) is 31.5 Å². The summed E-state index contributed by atoms with van der Waals surface area (Å²) >= 11 is 0. The number of nitrogens with zero attached hydrogens (tertiary/aromatic N) is 2. The molecule has 1 aromatic rings. The van der Waals surface area contributed by atoms with Crippen molar-refractivity contribution in [3.8, 4) is 0 Å². The molecule has 186 valence electrons. The number of carbonyl (C=O) groups excluding carboxylic acids is 3. The molecule has 1 heterocycles. The highest BCUT2D eigenvalue weighted by Gasteiger charge is 2.51. The molecule has 9 heteroatoms. The third kappa shape index (κ3) is 5.41. The van der Waals surface area contributed by atoms with Gasteiger partial charge >= 0.3 is 0 Å². The van der Waals surface area contributed by atoms with Crippen molar-refractivity contribution in [1.29, 1.82) is 0 Å². The molecule has 3 atom stereocenters. The van der Waals surface area contributed by atoms with E-state index in [2.05, 4.69) is 5.32 Å². The van der Waals surface area contributed by atoms with Crippen molar-refractivity contribution in [2.45, 2.75) is 63.8 Å². The molecule has 34 heavy (non-hydrogen) atoms. The van der Waals surface area contributed by atoms with E-state index in [1.807, 2.05) is 32.9 Å². The number of rotatable bonds is 10. The molecule has 3 unspecified atom stereocenters. The Hall–Kier alpha value is -2.52. The number of imide groups is 1. The molecular weight excluding hydrogens is 454 g/mol. The fraction of sp³-hybridized carbons (Fsp3) is 0.560. The van der Waals surface area contributed by atoms with Gasteiger partial charge in [-0.2, -0.15) is 0 Å². The van der Waals surface area contributed by atoms with E-state index in [1.54, 1.807) is 7.05 Å². The van der Waals surface area contributed by atoms with Gasteiger partial charge in [0.2, 0.25) is 27.7 Å². The van der Waals surface area contributed by atoms with Gasteiger partial charge in [-0.15, -0.1) is 0 Å². The van der Waals surface area contributed by atoms with E-state index in [4.69, 9.17) is 0 Å². The van der Waals surface area contributed by atoms with Crippen LogP contribution in [0.2, 0.25) is 0 Å². The summed E-state index contributed by atoms with van der Waals surface area (Å²) in [7, 11) is -2.06. The molecule has 0 radical (unpaired) electrons. The number of sulfonamides is 1. The SMILES string of the molecule is CCCCN(C)S(=O)(=O)c1ccc(NC(=O)C(CC(C)C)N2C(=O)C3CC=CCC3C2=O)cc1. The lowest BCUT2D eigenvalue weighted by Crippen LogP contribution is -2.48. The highest BCUT2D eigenvalue weighted by atomic mass is 32.2. The molecule has 0 spiro atoms. The Morgan fingerprint density at radius 3 is 2.15 bits per heavy atom. The summed E-state index contributed by atoms with van der Waals surface area (Å²) < 4.78 is 26.8. The van der Waals surface area contributed by atoms with Gasteiger partial charge in [0, 0.05) is 19.3 Å². The molecule has 0 saturated carbocycles. The average molecular weight is 490 g/mol. The van der Waals surface area contributed by atoms with Crippen LogP contribution in [0.25, 0.3) is 0 Å². The maximum atomic E-state index is 13.2. The normalized spacial score (nSPS) is 21.3. The van der Waals surface area contributed by atoms with Gasteiger partial charge < -0.3 is 5.32 Å². The quantitative estimate of drug-likeness (QED) is 0.401. The van der Waals surface area contributed by atoms with Crippen molar-refractivity contribution in [3.63, 3.8) is 0 Å². The second kappa shape index (κ2) is 10.8. The monoisotopic (exact) mass is 489 g/mol. The van der Waals surface area contributed by atoms with Crippen molar-refractivity contribution in [2.24, 2.45) is 17.8 Å². The minimum atomic E-state index is -3.61. The van der Waals surface area contributed by atoms with Crippen LogP contribution in [0.3, 0.4) is 0 Å². The summed E-state index contributed by atoms with van der Waals surface area (Å²) in [5.74, 6) is -1.71. The number of allylic oxidation sites excluding steroid dienone is 2. The zero-order valence-corrected chi connectivity index (χ0v) is 21.2. The fourth-order valence-corrected chi connectivity index (χ4v) is 5.74. The fourth-order valence-electron chi connectivity index (χ4n) is 4.53. The first-order chi connectivity index (χ1) is 16.1. The number of unbranched alkanes of at least 4 members (excludes halogenated alkanes) is 1. The summed E-state index contributed by atoms with van der Waals surface area (Å²) in [6.45, 7) is 6.31. The highest BCUT2D eigenvalue weighted by Crippen LogP contribution is 2.37. The zero-order valence-electron chi connectivity index (χ0n) is 20.4. The minimum absolute atomic E-state index is 0.0864. The van der Waals surface area contributed by atoms with Crippen LogP contribution in [0.4, 0.5) is 5.69 Å². The molecule has 8 nitrogen and oxygen atoms in total. The summed E-state index contributed by atoms with van der Waals surface area (Å²) in [6, 6.07) is 5.06. The standard InChI is InChI=1S/C25H35N3O5S/c1-5-6-15-27(4)34(32,33)19-13-11-18(12-14-19)26-23(29)22(16-17(2)3)28-24(30)20-9-7-8-10-21(20)25(28)31/h7-8,11-14,17,20-22H,5-6,9-10,15-16H2,1-4H3,(H,26,29). The second-order valence-corrected chi connectivity index (χ2v) is 11.6. The number of nitrogens with one attached hydrogen (secondary N) is 1. The smallest absolute Gasteiger partial charge is 0.247 e. The maximum Gasteiger partial charge on any atom is 0.247 e. The van der Waals surface area contributed by atoms with Gasteiger partial charge in [0.05, 0.1) is 16.7 Å². The number of amides is 3. The number of benzene rings is 1. The van der Waals surface area contributed by atoms with E-state index < -0.39 is 33.8 Å². The number of likely N-dealkylation sites (tertiary alicyclic amines) is 1. The van der Waals surface area contributed by atoms with Crippen LogP contribution in [0, 0.1) is 17.8 Å². The first-order valence-corrected chi connectivity index (χ1v) is 13.4. The average Bonchev–Trinajstić information content (AvgIpc) is 3.06. The maximum absolute atomic E-state index is 13.2. The third-order valence-corrected chi connectivity index (χ3v) is 8.38. The van der Waals surface area contributed by atoms with Crippen LogP contribution in [0.5, 0.6) is 0 Å². The molecule has 3 rings (SSSR count). The van der Waals surface area contributed by atoms with Crippen LogP contribution in [-0.2, 0) is 24.4 Å². The van der Waals surface area contributed by atoms with Gasteiger partial charge in [-0.05, 0) is 55.9 Å². The minimum Gasteiger partial charge on any atom is -0.324 e. The highest BCUT2D eigenvalue weighted by molar-refractivity contribution is 7.89. The number of hydrogen-bond acceptors (Lipinski definition) is 5. The molecule has 1 aromatic carbocycles.